The Balaban J connectivity index is 1.62. The van der Waals surface area contributed by atoms with E-state index < -0.39 is 11.9 Å². The van der Waals surface area contributed by atoms with Gasteiger partial charge in [-0.1, -0.05) is 31.9 Å². The lowest BCUT2D eigenvalue weighted by molar-refractivity contribution is -0.123. The average Bonchev–Trinajstić information content (AvgIpc) is 3.24. The third-order valence-electron chi connectivity index (χ3n) is 3.60. The molecule has 0 aliphatic carbocycles. The van der Waals surface area contributed by atoms with E-state index in [9.17, 15) is 9.59 Å². The maximum absolute atomic E-state index is 12.1. The molecule has 0 spiro atoms. The Kier molecular flexibility index (Phi) is 8.47. The molecule has 0 unspecified atom stereocenters. The lowest BCUT2D eigenvalue weighted by Gasteiger charge is -2.10. The number of carbonyl (C=O) groups excluding carboxylic acids is 2. The molecule has 0 saturated heterocycles. The number of furan rings is 1. The quantitative estimate of drug-likeness (QED) is 0.142. The monoisotopic (exact) mass is 676 g/mol. The highest BCUT2D eigenvalue weighted by Crippen LogP contribution is 2.36. The number of carbonyl (C=O) groups is 2. The molecule has 11 heteroatoms. The van der Waals surface area contributed by atoms with Crippen LogP contribution in [0.3, 0.4) is 0 Å². The van der Waals surface area contributed by atoms with Crippen LogP contribution in [0, 0.1) is 0 Å². The van der Waals surface area contributed by atoms with E-state index in [2.05, 4.69) is 74.2 Å². The number of nitrogens with zero attached hydrogens (tertiary/aromatic N) is 1. The van der Waals surface area contributed by atoms with E-state index in [-0.39, 0.29) is 18.1 Å². The van der Waals surface area contributed by atoms with Crippen molar-refractivity contribution < 1.29 is 23.5 Å². The molecule has 0 saturated carbocycles. The molecule has 0 aliphatic rings. The molecule has 2 aromatic carbocycles. The van der Waals surface area contributed by atoms with E-state index >= 15 is 0 Å². The Morgan fingerprint density at radius 2 is 1.77 bits per heavy atom. The highest BCUT2D eigenvalue weighted by Gasteiger charge is 2.14. The Morgan fingerprint density at radius 1 is 1.03 bits per heavy atom. The first-order valence-electron chi connectivity index (χ1n) is 8.48. The van der Waals surface area contributed by atoms with E-state index in [4.69, 9.17) is 13.9 Å². The zero-order chi connectivity index (χ0) is 22.4. The van der Waals surface area contributed by atoms with Gasteiger partial charge in [0.1, 0.15) is 11.5 Å². The Morgan fingerprint density at radius 3 is 2.45 bits per heavy atom. The fourth-order valence-corrected chi connectivity index (χ4v) is 5.14. The number of nitrogens with one attached hydrogen (secondary N) is 1. The van der Waals surface area contributed by atoms with Crippen LogP contribution in [0.15, 0.2) is 76.1 Å². The molecule has 1 amide bonds. The molecule has 31 heavy (non-hydrogen) atoms. The van der Waals surface area contributed by atoms with Crippen LogP contribution in [0.5, 0.6) is 11.5 Å². The highest BCUT2D eigenvalue weighted by atomic mass is 79.9. The zero-order valence-electron chi connectivity index (χ0n) is 15.4. The number of hydrazone groups is 1. The van der Waals surface area contributed by atoms with Gasteiger partial charge in [0, 0.05) is 14.5 Å². The predicted octanol–water partition coefficient (Wildman–Crippen LogP) is 6.08. The van der Waals surface area contributed by atoms with Crippen molar-refractivity contribution in [2.24, 2.45) is 5.10 Å². The smallest absolute Gasteiger partial charge is 0.379 e. The summed E-state index contributed by atoms with van der Waals surface area (Å²) in [6, 6.07) is 11.7. The van der Waals surface area contributed by atoms with E-state index in [1.807, 2.05) is 0 Å². The van der Waals surface area contributed by atoms with Crippen molar-refractivity contribution in [1.82, 2.24) is 5.43 Å². The molecular formula is C20H12Br4N2O5. The van der Waals surface area contributed by atoms with Crippen molar-refractivity contribution in [2.75, 3.05) is 6.61 Å². The molecule has 0 aliphatic heterocycles. The van der Waals surface area contributed by atoms with Crippen LogP contribution in [-0.4, -0.2) is 24.7 Å². The van der Waals surface area contributed by atoms with Gasteiger partial charge in [-0.15, -0.1) is 0 Å². The Bertz CT molecular complexity index is 1110. The summed E-state index contributed by atoms with van der Waals surface area (Å²) in [5.74, 6) is -0.309. The van der Waals surface area contributed by atoms with Gasteiger partial charge in [-0.25, -0.2) is 10.2 Å². The van der Waals surface area contributed by atoms with Crippen molar-refractivity contribution >= 4 is 81.8 Å². The number of esters is 1. The fourth-order valence-electron chi connectivity index (χ4n) is 2.27. The van der Waals surface area contributed by atoms with Crippen LogP contribution < -0.4 is 14.9 Å². The third-order valence-corrected chi connectivity index (χ3v) is 5.73. The number of halogens is 4. The van der Waals surface area contributed by atoms with Gasteiger partial charge in [0.15, 0.2) is 6.61 Å². The van der Waals surface area contributed by atoms with Gasteiger partial charge in [0.25, 0.3) is 5.91 Å². The predicted molar refractivity (Wildman–Crippen MR) is 129 cm³/mol. The van der Waals surface area contributed by atoms with E-state index in [1.165, 1.54) is 18.5 Å². The summed E-state index contributed by atoms with van der Waals surface area (Å²) in [5, 5.41) is 3.91. The van der Waals surface area contributed by atoms with Crippen molar-refractivity contribution in [3.63, 3.8) is 0 Å². The van der Waals surface area contributed by atoms with Crippen LogP contribution in [0.4, 0.5) is 0 Å². The molecule has 3 aromatic rings. The zero-order valence-corrected chi connectivity index (χ0v) is 21.7. The minimum atomic E-state index is -0.648. The lowest BCUT2D eigenvalue weighted by atomic mass is 10.2. The van der Waals surface area contributed by atoms with Gasteiger partial charge in [0.05, 0.1) is 21.4 Å². The molecular weight excluding hydrogens is 668 g/mol. The van der Waals surface area contributed by atoms with Gasteiger partial charge in [-0.2, -0.15) is 5.10 Å². The molecule has 1 N–H and O–H groups in total. The van der Waals surface area contributed by atoms with Crippen LogP contribution in [0.25, 0.3) is 0 Å². The topological polar surface area (TPSA) is 90.1 Å². The van der Waals surface area contributed by atoms with Gasteiger partial charge < -0.3 is 13.9 Å². The van der Waals surface area contributed by atoms with Crippen LogP contribution in [0.1, 0.15) is 16.1 Å². The average molecular weight is 680 g/mol. The number of amides is 1. The van der Waals surface area contributed by atoms with Crippen molar-refractivity contribution in [3.05, 3.63) is 77.9 Å². The third kappa shape index (κ3) is 6.76. The summed E-state index contributed by atoms with van der Waals surface area (Å²) in [4.78, 5) is 24.2. The van der Waals surface area contributed by atoms with Crippen molar-refractivity contribution in [2.45, 2.75) is 0 Å². The number of hydrogen-bond donors (Lipinski definition) is 1. The van der Waals surface area contributed by atoms with Crippen LogP contribution in [0.2, 0.25) is 0 Å². The second-order valence-corrected chi connectivity index (χ2v) is 9.37. The van der Waals surface area contributed by atoms with Crippen LogP contribution in [-0.2, 0) is 4.79 Å². The largest absolute Gasteiger partial charge is 0.481 e. The molecule has 3 rings (SSSR count). The molecule has 0 radical (unpaired) electrons. The SMILES string of the molecule is O=C(COc1c(Br)cc(Br)cc1Br)NN=Cc1cc(Br)ccc1OC(=O)c1ccco1. The Labute approximate surface area is 210 Å². The summed E-state index contributed by atoms with van der Waals surface area (Å²) < 4.78 is 18.9. The highest BCUT2D eigenvalue weighted by molar-refractivity contribution is 9.11. The van der Waals surface area contributed by atoms with Gasteiger partial charge in [-0.05, 0) is 74.3 Å². The minimum absolute atomic E-state index is 0.0709. The molecule has 0 atom stereocenters. The van der Waals surface area contributed by atoms with E-state index in [1.54, 1.807) is 36.4 Å². The van der Waals surface area contributed by atoms with E-state index in [0.717, 1.165) is 8.95 Å². The summed E-state index contributed by atoms with van der Waals surface area (Å²) in [6.45, 7) is -0.255. The summed E-state index contributed by atoms with van der Waals surface area (Å²) in [6.07, 6.45) is 2.74. The van der Waals surface area contributed by atoms with Crippen molar-refractivity contribution in [1.29, 1.82) is 0 Å². The van der Waals surface area contributed by atoms with Gasteiger partial charge in [0.2, 0.25) is 5.76 Å². The van der Waals surface area contributed by atoms with Gasteiger partial charge >= 0.3 is 5.97 Å². The number of rotatable bonds is 7. The maximum atomic E-state index is 12.1. The van der Waals surface area contributed by atoms with E-state index in [0.29, 0.717) is 20.3 Å². The summed E-state index contributed by atoms with van der Waals surface area (Å²) >= 11 is 13.5. The maximum Gasteiger partial charge on any atom is 0.379 e. The molecule has 1 aromatic heterocycles. The first kappa shape index (κ1) is 23.7. The fraction of sp³-hybridized carbons (Fsp3) is 0.0500. The molecule has 1 heterocycles. The minimum Gasteiger partial charge on any atom is -0.481 e. The first-order chi connectivity index (χ1) is 14.8. The normalized spacial score (nSPS) is 10.8. The van der Waals surface area contributed by atoms with Gasteiger partial charge in [-0.3, -0.25) is 4.79 Å². The summed E-state index contributed by atoms with van der Waals surface area (Å²) in [7, 11) is 0. The second-order valence-electron chi connectivity index (χ2n) is 5.83. The molecule has 160 valence electrons. The van der Waals surface area contributed by atoms with Crippen LogP contribution >= 0.6 is 63.7 Å². The Hall–Kier alpha value is -1.95. The number of benzene rings is 2. The van der Waals surface area contributed by atoms with Crippen molar-refractivity contribution in [3.8, 4) is 11.5 Å². The molecule has 0 fully saturated rings. The standard InChI is InChI=1S/C20H12Br4N2O5/c21-12-3-4-16(31-20(28)17-2-1-5-29-17)11(6-12)9-25-26-18(27)10-30-19-14(23)7-13(22)8-15(19)24/h1-9H,10H2,(H,26,27). The summed E-state index contributed by atoms with van der Waals surface area (Å²) in [5.41, 5.74) is 2.84. The lowest BCUT2D eigenvalue weighted by Crippen LogP contribution is -2.24. The first-order valence-corrected chi connectivity index (χ1v) is 11.6. The number of ether oxygens (including phenoxy) is 2. The molecule has 7 nitrogen and oxygen atoms in total. The number of hydrogen-bond acceptors (Lipinski definition) is 6. The second kappa shape index (κ2) is 11.1. The molecule has 0 bridgehead atoms.